The summed E-state index contributed by atoms with van der Waals surface area (Å²) in [5, 5.41) is 7.37. The Morgan fingerprint density at radius 1 is 0.810 bits per heavy atom. The van der Waals surface area contributed by atoms with Crippen LogP contribution in [0.4, 0.5) is 0 Å². The summed E-state index contributed by atoms with van der Waals surface area (Å²) in [5.41, 5.74) is 13.6. The van der Waals surface area contributed by atoms with Crippen molar-refractivity contribution in [1.82, 2.24) is 10.6 Å². The van der Waals surface area contributed by atoms with E-state index in [9.17, 15) is 0 Å². The quantitative estimate of drug-likeness (QED) is 0.355. The lowest BCUT2D eigenvalue weighted by Gasteiger charge is -2.35. The molecule has 0 bridgehead atoms. The van der Waals surface area contributed by atoms with E-state index in [0.29, 0.717) is 0 Å². The van der Waals surface area contributed by atoms with Gasteiger partial charge in [-0.2, -0.15) is 0 Å². The van der Waals surface area contributed by atoms with E-state index in [2.05, 4.69) is 122 Å². The lowest BCUT2D eigenvalue weighted by Crippen LogP contribution is -2.39. The van der Waals surface area contributed by atoms with Crippen molar-refractivity contribution in [3.63, 3.8) is 0 Å². The van der Waals surface area contributed by atoms with Crippen LogP contribution in [0.25, 0.3) is 17.0 Å². The largest absolute Gasteiger partial charge is 0.472 e. The van der Waals surface area contributed by atoms with Crippen molar-refractivity contribution in [2.45, 2.75) is 39.1 Å². The van der Waals surface area contributed by atoms with Gasteiger partial charge in [0.05, 0.1) is 23.4 Å². The van der Waals surface area contributed by atoms with Gasteiger partial charge in [-0.1, -0.05) is 105 Å². The van der Waals surface area contributed by atoms with Crippen LogP contribution in [0.5, 0.6) is 0 Å². The standard InChI is InChI=1S/C37H32N4O/c1-37(2)29-21-25(32-22-31(23-11-5-3-6-12-23)39-35(40-32)24-13-7-4-8-14-24)17-18-27(29)26-15-9-10-16-28(26)33-34(37)38-30-19-20-42-36(30)41-33/h3-16,19-22,35-36,39,41H,17-18H2,1-2H3. The third-order valence-electron chi connectivity index (χ3n) is 8.92. The van der Waals surface area contributed by atoms with Crippen molar-refractivity contribution < 1.29 is 4.74 Å². The molecule has 0 radical (unpaired) electrons. The van der Waals surface area contributed by atoms with Crippen molar-refractivity contribution >= 4 is 28.4 Å². The number of nitrogens with one attached hydrogen (secondary N) is 2. The Balaban J connectivity index is 1.29. The number of hydrogen-bond acceptors (Lipinski definition) is 5. The highest BCUT2D eigenvalue weighted by atomic mass is 16.5. The molecule has 2 unspecified atom stereocenters. The molecule has 2 atom stereocenters. The van der Waals surface area contributed by atoms with E-state index < -0.39 is 0 Å². The van der Waals surface area contributed by atoms with E-state index in [1.807, 2.05) is 6.08 Å². The molecule has 5 nitrogen and oxygen atoms in total. The summed E-state index contributed by atoms with van der Waals surface area (Å²) < 4.78 is 5.83. The molecule has 3 aromatic carbocycles. The maximum atomic E-state index is 5.83. The minimum atomic E-state index is -0.338. The maximum absolute atomic E-state index is 5.83. The minimum Gasteiger partial charge on any atom is -0.472 e. The van der Waals surface area contributed by atoms with Crippen molar-refractivity contribution in [2.75, 3.05) is 0 Å². The Kier molecular flexibility index (Phi) is 5.68. The summed E-state index contributed by atoms with van der Waals surface area (Å²) in [6, 6.07) is 29.8. The van der Waals surface area contributed by atoms with E-state index in [0.717, 1.165) is 52.5 Å². The third kappa shape index (κ3) is 3.99. The van der Waals surface area contributed by atoms with Gasteiger partial charge in [-0.3, -0.25) is 4.99 Å². The molecule has 0 fully saturated rings. The van der Waals surface area contributed by atoms with Crippen molar-refractivity contribution in [3.8, 4) is 0 Å². The van der Waals surface area contributed by atoms with Gasteiger partial charge in [-0.05, 0) is 52.3 Å². The van der Waals surface area contributed by atoms with Gasteiger partial charge in [0.1, 0.15) is 11.9 Å². The van der Waals surface area contributed by atoms with E-state index in [-0.39, 0.29) is 17.8 Å². The number of rotatable bonds is 3. The minimum absolute atomic E-state index is 0.158. The van der Waals surface area contributed by atoms with E-state index >= 15 is 0 Å². The number of fused-ring (bicyclic) bond motifs is 4. The predicted molar refractivity (Wildman–Crippen MR) is 170 cm³/mol. The second-order valence-electron chi connectivity index (χ2n) is 11.9. The Morgan fingerprint density at radius 3 is 2.36 bits per heavy atom. The van der Waals surface area contributed by atoms with Crippen LogP contribution in [0, 0.1) is 5.41 Å². The summed E-state index contributed by atoms with van der Waals surface area (Å²) in [5.74, 6) is 0. The number of ether oxygens (including phenoxy) is 1. The molecule has 0 aromatic heterocycles. The maximum Gasteiger partial charge on any atom is 0.212 e. The molecule has 42 heavy (non-hydrogen) atoms. The van der Waals surface area contributed by atoms with Crippen LogP contribution in [0.15, 0.2) is 136 Å². The van der Waals surface area contributed by atoms with Crippen molar-refractivity contribution in [1.29, 1.82) is 0 Å². The van der Waals surface area contributed by atoms with Crippen LogP contribution in [-0.4, -0.2) is 17.7 Å². The zero-order chi connectivity index (χ0) is 28.3. The number of aliphatic imine (C=N–C) groups is 2. The van der Waals surface area contributed by atoms with Gasteiger partial charge in [0.15, 0.2) is 0 Å². The van der Waals surface area contributed by atoms with Crippen LogP contribution >= 0.6 is 0 Å². The second-order valence-corrected chi connectivity index (χ2v) is 11.9. The summed E-state index contributed by atoms with van der Waals surface area (Å²) in [6.07, 6.45) is 9.80. The molecule has 3 aromatic rings. The topological polar surface area (TPSA) is 58.0 Å². The van der Waals surface area contributed by atoms with Crippen LogP contribution in [0.2, 0.25) is 0 Å². The molecular formula is C37H32N4O. The SMILES string of the molecule is CC1(C)C2=C(CCC(C3=NC(c4ccccc4)NC(c4ccccc4)=C3)=C2)c2ccccc2C2=C1N=C1C=COC1N2. The number of nitrogens with zero attached hydrogens (tertiary/aromatic N) is 2. The van der Waals surface area contributed by atoms with Crippen LogP contribution < -0.4 is 10.6 Å². The molecule has 5 heteroatoms. The number of benzene rings is 3. The normalized spacial score (nSPS) is 23.4. The average molecular weight is 549 g/mol. The fraction of sp³-hybridized carbons (Fsp3) is 0.189. The van der Waals surface area contributed by atoms with Gasteiger partial charge in [0, 0.05) is 22.8 Å². The van der Waals surface area contributed by atoms with Gasteiger partial charge in [0.25, 0.3) is 0 Å². The lowest BCUT2D eigenvalue weighted by atomic mass is 9.73. The molecule has 3 aliphatic heterocycles. The highest BCUT2D eigenvalue weighted by Gasteiger charge is 2.41. The fourth-order valence-electron chi connectivity index (χ4n) is 6.74. The molecule has 0 saturated heterocycles. The van der Waals surface area contributed by atoms with Crippen LogP contribution in [0.1, 0.15) is 55.1 Å². The molecule has 0 amide bonds. The van der Waals surface area contributed by atoms with Crippen molar-refractivity contribution in [3.05, 3.63) is 149 Å². The Hall–Kier alpha value is -4.90. The zero-order valence-electron chi connectivity index (χ0n) is 23.8. The van der Waals surface area contributed by atoms with E-state index in [1.165, 1.54) is 27.8 Å². The molecule has 206 valence electrons. The zero-order valence-corrected chi connectivity index (χ0v) is 23.8. The monoisotopic (exact) mass is 548 g/mol. The predicted octanol–water partition coefficient (Wildman–Crippen LogP) is 7.57. The first kappa shape index (κ1) is 24.9. The lowest BCUT2D eigenvalue weighted by molar-refractivity contribution is 0.198. The third-order valence-corrected chi connectivity index (χ3v) is 8.92. The fourth-order valence-corrected chi connectivity index (χ4v) is 6.74. The summed E-state index contributed by atoms with van der Waals surface area (Å²) in [4.78, 5) is 10.5. The van der Waals surface area contributed by atoms with Crippen LogP contribution in [-0.2, 0) is 4.74 Å². The molecule has 2 N–H and O–H groups in total. The van der Waals surface area contributed by atoms with Crippen molar-refractivity contribution in [2.24, 2.45) is 15.4 Å². The van der Waals surface area contributed by atoms with E-state index in [1.54, 1.807) is 6.26 Å². The van der Waals surface area contributed by atoms with Gasteiger partial charge < -0.3 is 15.4 Å². The molecule has 5 aliphatic rings. The van der Waals surface area contributed by atoms with Gasteiger partial charge in [-0.25, -0.2) is 4.99 Å². The molecule has 8 rings (SSSR count). The molecule has 3 heterocycles. The summed E-state index contributed by atoms with van der Waals surface area (Å²) in [7, 11) is 0. The van der Waals surface area contributed by atoms with Crippen LogP contribution in [0.3, 0.4) is 0 Å². The molecular weight excluding hydrogens is 516 g/mol. The Bertz CT molecular complexity index is 1820. The molecule has 0 saturated carbocycles. The average Bonchev–Trinajstić information content (AvgIpc) is 3.50. The Labute approximate surface area is 246 Å². The summed E-state index contributed by atoms with van der Waals surface area (Å²) in [6.45, 7) is 4.60. The number of hydrogen-bond donors (Lipinski definition) is 2. The highest BCUT2D eigenvalue weighted by molar-refractivity contribution is 6.14. The number of allylic oxidation sites excluding steroid dienone is 5. The van der Waals surface area contributed by atoms with Gasteiger partial charge in [-0.15, -0.1) is 0 Å². The van der Waals surface area contributed by atoms with Gasteiger partial charge in [0.2, 0.25) is 6.23 Å². The molecule has 0 spiro atoms. The smallest absolute Gasteiger partial charge is 0.212 e. The second kappa shape index (κ2) is 9.59. The summed E-state index contributed by atoms with van der Waals surface area (Å²) >= 11 is 0. The molecule has 2 aliphatic carbocycles. The van der Waals surface area contributed by atoms with Gasteiger partial charge >= 0.3 is 0 Å². The first-order valence-electron chi connectivity index (χ1n) is 14.7. The van der Waals surface area contributed by atoms with E-state index in [4.69, 9.17) is 14.7 Å². The first-order chi connectivity index (χ1) is 20.6. The Morgan fingerprint density at radius 2 is 1.55 bits per heavy atom. The highest BCUT2D eigenvalue weighted by Crippen LogP contribution is 2.52. The first-order valence-corrected chi connectivity index (χ1v) is 14.7.